The normalized spacial score (nSPS) is 10.0. The van der Waals surface area contributed by atoms with Crippen molar-refractivity contribution in [3.8, 4) is 0 Å². The molecule has 58 valence electrons. The summed E-state index contributed by atoms with van der Waals surface area (Å²) in [7, 11) is 0. The molecule has 0 aliphatic rings. The first-order valence-corrected chi connectivity index (χ1v) is 3.46. The Kier molecular flexibility index (Phi) is 1.51. The zero-order valence-electron chi connectivity index (χ0n) is 6.31. The Balaban J connectivity index is 2.75. The fraction of sp³-hybridized carbons (Fsp3) is 0. The second-order valence-electron chi connectivity index (χ2n) is 2.20. The van der Waals surface area contributed by atoms with Gasteiger partial charge in [-0.25, -0.2) is 19.9 Å². The molecule has 2 heterocycles. The zero-order chi connectivity index (χ0) is 8.39. The minimum Gasteiger partial charge on any atom is -0.250 e. The van der Waals surface area contributed by atoms with E-state index in [9.17, 15) is 0 Å². The van der Waals surface area contributed by atoms with E-state index in [0.717, 1.165) is 0 Å². The van der Waals surface area contributed by atoms with Crippen LogP contribution in [0, 0.1) is 0 Å². The molecule has 0 atom stereocenters. The maximum Gasteiger partial charge on any atom is 0.181 e. The van der Waals surface area contributed by atoms with E-state index in [1.165, 1.54) is 0 Å². The van der Waals surface area contributed by atoms with E-state index in [2.05, 4.69) is 26.5 Å². The Morgan fingerprint density at radius 1 is 1.17 bits per heavy atom. The summed E-state index contributed by atoms with van der Waals surface area (Å²) in [6, 6.07) is 0. The van der Waals surface area contributed by atoms with Crippen molar-refractivity contribution in [3.63, 3.8) is 0 Å². The Morgan fingerprint density at radius 3 is 2.83 bits per heavy atom. The van der Waals surface area contributed by atoms with E-state index in [4.69, 9.17) is 0 Å². The molecule has 2 aromatic heterocycles. The Labute approximate surface area is 69.0 Å². The van der Waals surface area contributed by atoms with Crippen molar-refractivity contribution in [2.45, 2.75) is 0 Å². The number of fused-ring (bicyclic) bond motifs is 1. The van der Waals surface area contributed by atoms with Crippen LogP contribution >= 0.6 is 0 Å². The van der Waals surface area contributed by atoms with Crippen molar-refractivity contribution < 1.29 is 0 Å². The van der Waals surface area contributed by atoms with Crippen LogP contribution in [-0.4, -0.2) is 19.9 Å². The van der Waals surface area contributed by atoms with Gasteiger partial charge in [0, 0.05) is 12.4 Å². The second kappa shape index (κ2) is 2.65. The number of aromatic nitrogens is 4. The van der Waals surface area contributed by atoms with Gasteiger partial charge in [0.2, 0.25) is 0 Å². The first kappa shape index (κ1) is 6.84. The lowest BCUT2D eigenvalue weighted by Crippen LogP contribution is -1.91. The predicted molar refractivity (Wildman–Crippen MR) is 45.2 cm³/mol. The molecule has 4 heteroatoms. The summed E-state index contributed by atoms with van der Waals surface area (Å²) in [5, 5.41) is 0. The summed E-state index contributed by atoms with van der Waals surface area (Å²) in [4.78, 5) is 16.1. The number of hydrogen-bond donors (Lipinski definition) is 0. The molecule has 0 amide bonds. The summed E-state index contributed by atoms with van der Waals surface area (Å²) < 4.78 is 0. The SMILES string of the molecule is C=Cc1ncc2nccnc2n1. The van der Waals surface area contributed by atoms with Gasteiger partial charge in [0.05, 0.1) is 6.20 Å². The van der Waals surface area contributed by atoms with Gasteiger partial charge in [-0.15, -0.1) is 0 Å². The smallest absolute Gasteiger partial charge is 0.181 e. The fourth-order valence-corrected chi connectivity index (χ4v) is 0.882. The standard InChI is InChI=1S/C8H6N4/c1-2-7-11-5-6-8(12-7)10-4-3-9-6/h2-5H,1H2. The second-order valence-corrected chi connectivity index (χ2v) is 2.20. The molecule has 2 aromatic rings. The molecule has 0 saturated carbocycles. The van der Waals surface area contributed by atoms with Gasteiger partial charge < -0.3 is 0 Å². The number of rotatable bonds is 1. The average molecular weight is 158 g/mol. The van der Waals surface area contributed by atoms with Gasteiger partial charge >= 0.3 is 0 Å². The molecule has 4 nitrogen and oxygen atoms in total. The average Bonchev–Trinajstić information content (AvgIpc) is 2.17. The summed E-state index contributed by atoms with van der Waals surface area (Å²) in [6.07, 6.45) is 6.42. The van der Waals surface area contributed by atoms with Crippen molar-refractivity contribution >= 4 is 17.2 Å². The molecule has 0 fully saturated rings. The van der Waals surface area contributed by atoms with Crippen LogP contribution in [0.25, 0.3) is 17.2 Å². The van der Waals surface area contributed by atoms with Crippen LogP contribution < -0.4 is 0 Å². The van der Waals surface area contributed by atoms with Crippen LogP contribution in [0.3, 0.4) is 0 Å². The van der Waals surface area contributed by atoms with Crippen molar-refractivity contribution in [2.75, 3.05) is 0 Å². The van der Waals surface area contributed by atoms with Crippen LogP contribution in [0.2, 0.25) is 0 Å². The van der Waals surface area contributed by atoms with Gasteiger partial charge in [0.15, 0.2) is 11.5 Å². The molecule has 12 heavy (non-hydrogen) atoms. The molecule has 0 N–H and O–H groups in total. The lowest BCUT2D eigenvalue weighted by atomic mass is 10.5. The quantitative estimate of drug-likeness (QED) is 0.622. The monoisotopic (exact) mass is 158 g/mol. The van der Waals surface area contributed by atoms with Crippen LogP contribution in [-0.2, 0) is 0 Å². The zero-order valence-corrected chi connectivity index (χ0v) is 6.31. The summed E-state index contributed by atoms with van der Waals surface area (Å²) >= 11 is 0. The van der Waals surface area contributed by atoms with Gasteiger partial charge in [-0.2, -0.15) is 0 Å². The van der Waals surface area contributed by atoms with Gasteiger partial charge in [0.1, 0.15) is 5.52 Å². The molecule has 0 saturated heterocycles. The molecule has 0 aliphatic carbocycles. The van der Waals surface area contributed by atoms with Crippen molar-refractivity contribution in [2.24, 2.45) is 0 Å². The molecule has 0 radical (unpaired) electrons. The van der Waals surface area contributed by atoms with E-state index in [1.807, 2.05) is 0 Å². The largest absolute Gasteiger partial charge is 0.250 e. The highest BCUT2D eigenvalue weighted by Crippen LogP contribution is 2.02. The summed E-state index contributed by atoms with van der Waals surface area (Å²) in [5.74, 6) is 0.572. The molecule has 0 unspecified atom stereocenters. The first-order valence-electron chi connectivity index (χ1n) is 3.46. The molecular formula is C8H6N4. The maximum atomic E-state index is 4.09. The first-order chi connectivity index (χ1) is 5.90. The van der Waals surface area contributed by atoms with Crippen LogP contribution in [0.15, 0.2) is 25.2 Å². The highest BCUT2D eigenvalue weighted by atomic mass is 15.0. The minimum atomic E-state index is 0.572. The van der Waals surface area contributed by atoms with E-state index in [-0.39, 0.29) is 0 Å². The lowest BCUT2D eigenvalue weighted by molar-refractivity contribution is 1.12. The van der Waals surface area contributed by atoms with Crippen LogP contribution in [0.4, 0.5) is 0 Å². The van der Waals surface area contributed by atoms with Crippen molar-refractivity contribution in [3.05, 3.63) is 31.0 Å². The molecule has 0 aliphatic heterocycles. The summed E-state index contributed by atoms with van der Waals surface area (Å²) in [5.41, 5.74) is 1.30. The Hall–Kier alpha value is -1.84. The topological polar surface area (TPSA) is 51.6 Å². The third-order valence-corrected chi connectivity index (χ3v) is 1.43. The third kappa shape index (κ3) is 1.03. The molecular weight excluding hydrogens is 152 g/mol. The maximum absolute atomic E-state index is 4.09. The van der Waals surface area contributed by atoms with E-state index >= 15 is 0 Å². The van der Waals surface area contributed by atoms with Crippen molar-refractivity contribution in [1.82, 2.24) is 19.9 Å². The number of hydrogen-bond acceptors (Lipinski definition) is 4. The molecule has 0 spiro atoms. The minimum absolute atomic E-state index is 0.572. The van der Waals surface area contributed by atoms with Crippen LogP contribution in [0.1, 0.15) is 5.82 Å². The van der Waals surface area contributed by atoms with Gasteiger partial charge in [-0.3, -0.25) is 0 Å². The third-order valence-electron chi connectivity index (χ3n) is 1.43. The Bertz CT molecular complexity index is 424. The fourth-order valence-electron chi connectivity index (χ4n) is 0.882. The van der Waals surface area contributed by atoms with Gasteiger partial charge in [-0.1, -0.05) is 6.58 Å². The van der Waals surface area contributed by atoms with E-state index in [0.29, 0.717) is 17.0 Å². The predicted octanol–water partition coefficient (Wildman–Crippen LogP) is 1.06. The number of nitrogens with zero attached hydrogens (tertiary/aromatic N) is 4. The van der Waals surface area contributed by atoms with Crippen molar-refractivity contribution in [1.29, 1.82) is 0 Å². The molecule has 0 bridgehead atoms. The Morgan fingerprint density at radius 2 is 2.00 bits per heavy atom. The highest BCUT2D eigenvalue weighted by molar-refractivity contribution is 5.68. The summed E-state index contributed by atoms with van der Waals surface area (Å²) in [6.45, 7) is 3.56. The van der Waals surface area contributed by atoms with Crippen LogP contribution in [0.5, 0.6) is 0 Å². The van der Waals surface area contributed by atoms with Gasteiger partial charge in [0.25, 0.3) is 0 Å². The highest BCUT2D eigenvalue weighted by Gasteiger charge is 1.96. The van der Waals surface area contributed by atoms with E-state index < -0.39 is 0 Å². The molecule has 0 aromatic carbocycles. The lowest BCUT2D eigenvalue weighted by Gasteiger charge is -1.94. The molecule has 2 rings (SSSR count). The van der Waals surface area contributed by atoms with E-state index in [1.54, 1.807) is 24.7 Å². The van der Waals surface area contributed by atoms with Gasteiger partial charge in [-0.05, 0) is 6.08 Å².